The van der Waals surface area contributed by atoms with Gasteiger partial charge in [0.1, 0.15) is 0 Å². The molecule has 0 aliphatic carbocycles. The molecule has 102 valence electrons. The zero-order valence-electron chi connectivity index (χ0n) is 10.1. The summed E-state index contributed by atoms with van der Waals surface area (Å²) in [4.78, 5) is 0. The Morgan fingerprint density at radius 1 is 1.28 bits per heavy atom. The van der Waals surface area contributed by atoms with Crippen LogP contribution in [0.15, 0.2) is 18.2 Å². The third-order valence-corrected chi connectivity index (χ3v) is 2.31. The molecule has 1 atom stereocenters. The number of aliphatic hydroxyl groups excluding tert-OH is 1. The lowest BCUT2D eigenvalue weighted by atomic mass is 10.1. The topological polar surface area (TPSA) is 38.7 Å². The van der Waals surface area contributed by atoms with Crippen LogP contribution in [0.2, 0.25) is 0 Å². The van der Waals surface area contributed by atoms with Gasteiger partial charge in [0.05, 0.1) is 26.2 Å². The van der Waals surface area contributed by atoms with E-state index in [1.807, 2.05) is 0 Å². The fourth-order valence-corrected chi connectivity index (χ4v) is 1.34. The number of benzene rings is 1. The highest BCUT2D eigenvalue weighted by Gasteiger charge is 2.27. The highest BCUT2D eigenvalue weighted by molar-refractivity contribution is 5.43. The van der Waals surface area contributed by atoms with E-state index in [1.165, 1.54) is 19.2 Å². The van der Waals surface area contributed by atoms with E-state index in [0.717, 1.165) is 0 Å². The number of aliphatic hydroxyl groups is 1. The second-order valence-electron chi connectivity index (χ2n) is 3.80. The number of ether oxygens (including phenoxy) is 2. The average Bonchev–Trinajstić information content (AvgIpc) is 2.27. The van der Waals surface area contributed by atoms with Gasteiger partial charge in [0.25, 0.3) is 0 Å². The first-order valence-corrected chi connectivity index (χ1v) is 5.39. The summed E-state index contributed by atoms with van der Waals surface area (Å²) in [7, 11) is 1.39. The third-order valence-electron chi connectivity index (χ3n) is 2.31. The van der Waals surface area contributed by atoms with Gasteiger partial charge in [0.15, 0.2) is 11.5 Å². The Hall–Kier alpha value is -1.43. The summed E-state index contributed by atoms with van der Waals surface area (Å²) in [6, 6.07) is 4.60. The maximum atomic E-state index is 12.0. The quantitative estimate of drug-likeness (QED) is 0.888. The Bertz CT molecular complexity index is 389. The lowest BCUT2D eigenvalue weighted by molar-refractivity contribution is -0.139. The molecular formula is C12H15F3O3. The van der Waals surface area contributed by atoms with E-state index in [2.05, 4.69) is 0 Å². The van der Waals surface area contributed by atoms with Crippen molar-refractivity contribution in [3.05, 3.63) is 23.8 Å². The SMILES string of the molecule is COc1cc([C@@H](C)O)ccc1OCCC(F)(F)F. The van der Waals surface area contributed by atoms with Gasteiger partial charge in [-0.25, -0.2) is 0 Å². The van der Waals surface area contributed by atoms with E-state index in [0.29, 0.717) is 11.3 Å². The van der Waals surface area contributed by atoms with Gasteiger partial charge in [-0.2, -0.15) is 13.2 Å². The van der Waals surface area contributed by atoms with Gasteiger partial charge in [-0.15, -0.1) is 0 Å². The minimum absolute atomic E-state index is 0.228. The van der Waals surface area contributed by atoms with Crippen molar-refractivity contribution >= 4 is 0 Å². The van der Waals surface area contributed by atoms with Crippen LogP contribution < -0.4 is 9.47 Å². The molecule has 1 rings (SSSR count). The lowest BCUT2D eigenvalue weighted by Crippen LogP contribution is -2.13. The molecule has 0 aromatic heterocycles. The minimum atomic E-state index is -4.24. The van der Waals surface area contributed by atoms with Crippen molar-refractivity contribution in [1.82, 2.24) is 0 Å². The molecule has 3 nitrogen and oxygen atoms in total. The van der Waals surface area contributed by atoms with Crippen molar-refractivity contribution in [2.75, 3.05) is 13.7 Å². The maximum Gasteiger partial charge on any atom is 0.392 e. The molecule has 0 aliphatic rings. The van der Waals surface area contributed by atoms with Crippen molar-refractivity contribution in [3.8, 4) is 11.5 Å². The number of alkyl halides is 3. The molecule has 0 heterocycles. The number of methoxy groups -OCH3 is 1. The first-order valence-electron chi connectivity index (χ1n) is 5.39. The second kappa shape index (κ2) is 5.95. The first kappa shape index (κ1) is 14.6. The van der Waals surface area contributed by atoms with Crippen LogP contribution in [0.1, 0.15) is 25.0 Å². The van der Waals surface area contributed by atoms with E-state index < -0.39 is 25.3 Å². The number of rotatable bonds is 5. The predicted octanol–water partition coefficient (Wildman–Crippen LogP) is 3.08. The van der Waals surface area contributed by atoms with Gasteiger partial charge >= 0.3 is 6.18 Å². The van der Waals surface area contributed by atoms with Crippen LogP contribution in [0.3, 0.4) is 0 Å². The molecule has 0 aliphatic heterocycles. The van der Waals surface area contributed by atoms with Gasteiger partial charge in [0.2, 0.25) is 0 Å². The Morgan fingerprint density at radius 2 is 1.94 bits per heavy atom. The van der Waals surface area contributed by atoms with Crippen molar-refractivity contribution in [2.24, 2.45) is 0 Å². The first-order chi connectivity index (χ1) is 8.33. The Balaban J connectivity index is 2.71. The Morgan fingerprint density at radius 3 is 2.44 bits per heavy atom. The highest BCUT2D eigenvalue weighted by Crippen LogP contribution is 2.31. The summed E-state index contributed by atoms with van der Waals surface area (Å²) in [5, 5.41) is 9.37. The van der Waals surface area contributed by atoms with Crippen LogP contribution in [-0.2, 0) is 0 Å². The fourth-order valence-electron chi connectivity index (χ4n) is 1.34. The monoisotopic (exact) mass is 264 g/mol. The standard InChI is InChI=1S/C12H15F3O3/c1-8(16)9-3-4-10(11(7-9)17-2)18-6-5-12(13,14)15/h3-4,7-8,16H,5-6H2,1-2H3/t8-/m1/s1. The van der Waals surface area contributed by atoms with Gasteiger partial charge in [0, 0.05) is 0 Å². The predicted molar refractivity (Wildman–Crippen MR) is 59.8 cm³/mol. The van der Waals surface area contributed by atoms with E-state index in [9.17, 15) is 18.3 Å². The molecule has 0 saturated carbocycles. The zero-order chi connectivity index (χ0) is 13.8. The molecule has 6 heteroatoms. The highest BCUT2D eigenvalue weighted by atomic mass is 19.4. The molecule has 0 amide bonds. The van der Waals surface area contributed by atoms with Gasteiger partial charge in [-0.1, -0.05) is 6.07 Å². The summed E-state index contributed by atoms with van der Waals surface area (Å²) in [5.74, 6) is 0.529. The molecule has 18 heavy (non-hydrogen) atoms. The van der Waals surface area contributed by atoms with E-state index >= 15 is 0 Å². The number of hydrogen-bond acceptors (Lipinski definition) is 3. The summed E-state index contributed by atoms with van der Waals surface area (Å²) in [5.41, 5.74) is 0.607. The summed E-state index contributed by atoms with van der Waals surface area (Å²) >= 11 is 0. The average molecular weight is 264 g/mol. The molecule has 1 aromatic rings. The molecule has 0 unspecified atom stereocenters. The Labute approximate surface area is 103 Å². The van der Waals surface area contributed by atoms with Crippen LogP contribution in [-0.4, -0.2) is 25.0 Å². The van der Waals surface area contributed by atoms with Crippen molar-refractivity contribution in [2.45, 2.75) is 25.6 Å². The van der Waals surface area contributed by atoms with Gasteiger partial charge in [-0.3, -0.25) is 0 Å². The molecule has 0 bridgehead atoms. The summed E-state index contributed by atoms with van der Waals surface area (Å²) in [6.07, 6.45) is -5.94. The molecule has 1 aromatic carbocycles. The van der Waals surface area contributed by atoms with Crippen LogP contribution in [0.4, 0.5) is 13.2 Å². The van der Waals surface area contributed by atoms with Crippen molar-refractivity contribution in [3.63, 3.8) is 0 Å². The van der Waals surface area contributed by atoms with E-state index in [4.69, 9.17) is 9.47 Å². The third kappa shape index (κ3) is 4.44. The second-order valence-corrected chi connectivity index (χ2v) is 3.80. The zero-order valence-corrected chi connectivity index (χ0v) is 10.1. The van der Waals surface area contributed by atoms with Crippen LogP contribution in [0.25, 0.3) is 0 Å². The largest absolute Gasteiger partial charge is 0.493 e. The minimum Gasteiger partial charge on any atom is -0.493 e. The van der Waals surface area contributed by atoms with Gasteiger partial charge in [-0.05, 0) is 24.6 Å². The van der Waals surface area contributed by atoms with E-state index in [1.54, 1.807) is 13.0 Å². The van der Waals surface area contributed by atoms with Crippen LogP contribution >= 0.6 is 0 Å². The normalized spacial score (nSPS) is 13.2. The molecule has 0 radical (unpaired) electrons. The van der Waals surface area contributed by atoms with Crippen LogP contribution in [0.5, 0.6) is 11.5 Å². The number of hydrogen-bond donors (Lipinski definition) is 1. The number of halogens is 3. The molecule has 0 saturated heterocycles. The van der Waals surface area contributed by atoms with Crippen molar-refractivity contribution in [1.29, 1.82) is 0 Å². The molecule has 0 fully saturated rings. The lowest BCUT2D eigenvalue weighted by Gasteiger charge is -2.14. The van der Waals surface area contributed by atoms with E-state index in [-0.39, 0.29) is 5.75 Å². The molecule has 0 spiro atoms. The summed E-state index contributed by atoms with van der Waals surface area (Å²) < 4.78 is 45.9. The maximum absolute atomic E-state index is 12.0. The van der Waals surface area contributed by atoms with Crippen molar-refractivity contribution < 1.29 is 27.8 Å². The van der Waals surface area contributed by atoms with Crippen LogP contribution in [0, 0.1) is 0 Å². The molecule has 1 N–H and O–H groups in total. The summed E-state index contributed by atoms with van der Waals surface area (Å²) in [6.45, 7) is 1.12. The molecular weight excluding hydrogens is 249 g/mol. The fraction of sp³-hybridized carbons (Fsp3) is 0.500. The van der Waals surface area contributed by atoms with Gasteiger partial charge < -0.3 is 14.6 Å². The smallest absolute Gasteiger partial charge is 0.392 e. The Kier molecular flexibility index (Phi) is 4.84.